The van der Waals surface area contributed by atoms with Crippen molar-refractivity contribution in [3.63, 3.8) is 0 Å². The molecular weight excluding hydrogens is 403 g/mol. The molecule has 3 rings (SSSR count). The van der Waals surface area contributed by atoms with E-state index in [1.54, 1.807) is 62.6 Å². The van der Waals surface area contributed by atoms with Gasteiger partial charge in [-0.15, -0.1) is 0 Å². The van der Waals surface area contributed by atoms with E-state index in [0.29, 0.717) is 35.5 Å². The summed E-state index contributed by atoms with van der Waals surface area (Å²) in [6.07, 6.45) is 2.93. The van der Waals surface area contributed by atoms with Crippen LogP contribution in [-0.2, 0) is 11.2 Å². The Kier molecular flexibility index (Phi) is 6.95. The number of ketones is 1. The predicted octanol–water partition coefficient (Wildman–Crippen LogP) is 5.73. The lowest BCUT2D eigenvalue weighted by atomic mass is 9.99. The maximum absolute atomic E-state index is 14.5. The van der Waals surface area contributed by atoms with E-state index in [1.165, 1.54) is 11.0 Å². The fraction of sp³-hybridized carbons (Fsp3) is 0.208. The first kappa shape index (κ1) is 21.7. The highest BCUT2D eigenvalue weighted by Gasteiger charge is 2.14. The lowest BCUT2D eigenvalue weighted by Gasteiger charge is -2.17. The molecule has 0 saturated heterocycles. The van der Waals surface area contributed by atoms with Crippen LogP contribution in [0.1, 0.15) is 35.7 Å². The number of benzene rings is 2. The molecule has 0 saturated carbocycles. The fourth-order valence-electron chi connectivity index (χ4n) is 3.14. The Labute approximate surface area is 180 Å². The first-order valence-electron chi connectivity index (χ1n) is 9.69. The molecule has 0 spiro atoms. The normalized spacial score (nSPS) is 10.7. The van der Waals surface area contributed by atoms with Gasteiger partial charge in [0.1, 0.15) is 11.0 Å². The third-order valence-electron chi connectivity index (χ3n) is 4.96. The van der Waals surface area contributed by atoms with Gasteiger partial charge in [0.2, 0.25) is 5.91 Å². The van der Waals surface area contributed by atoms with E-state index < -0.39 is 5.82 Å². The standard InChI is InChI=1S/C24H22ClFN2O2/c1-3-24(30)28(2)21-11-10-19(14-20(21)26)17-6-8-18(9-7-17)22(29)12-4-16-5-13-23(25)27-15-16/h5-11,13-15H,3-4,12H2,1-2H3. The van der Waals surface area contributed by atoms with Gasteiger partial charge in [-0.25, -0.2) is 9.37 Å². The van der Waals surface area contributed by atoms with Crippen molar-refractivity contribution in [2.45, 2.75) is 26.2 Å². The molecule has 0 unspecified atom stereocenters. The van der Waals surface area contributed by atoms with E-state index in [-0.39, 0.29) is 17.4 Å². The lowest BCUT2D eigenvalue weighted by molar-refractivity contribution is -0.118. The minimum absolute atomic E-state index is 0.0257. The Bertz CT molecular complexity index is 1050. The molecular formula is C24H22ClFN2O2. The van der Waals surface area contributed by atoms with Gasteiger partial charge in [-0.3, -0.25) is 9.59 Å². The van der Waals surface area contributed by atoms with E-state index in [0.717, 1.165) is 11.1 Å². The molecule has 3 aromatic rings. The number of carbonyl (C=O) groups is 2. The minimum atomic E-state index is -0.464. The number of hydrogen-bond acceptors (Lipinski definition) is 3. The molecule has 0 radical (unpaired) electrons. The molecule has 1 amide bonds. The van der Waals surface area contributed by atoms with Crippen LogP contribution in [0.15, 0.2) is 60.8 Å². The zero-order chi connectivity index (χ0) is 21.7. The molecule has 0 bridgehead atoms. The molecule has 1 aromatic heterocycles. The number of pyridine rings is 1. The first-order valence-corrected chi connectivity index (χ1v) is 10.1. The third-order valence-corrected chi connectivity index (χ3v) is 5.18. The Morgan fingerprint density at radius 2 is 1.73 bits per heavy atom. The van der Waals surface area contributed by atoms with E-state index in [4.69, 9.17) is 11.6 Å². The first-order chi connectivity index (χ1) is 14.4. The van der Waals surface area contributed by atoms with Crippen LogP contribution in [0.5, 0.6) is 0 Å². The van der Waals surface area contributed by atoms with E-state index in [1.807, 2.05) is 6.07 Å². The van der Waals surface area contributed by atoms with Crippen molar-refractivity contribution >= 4 is 29.0 Å². The average molecular weight is 425 g/mol. The van der Waals surface area contributed by atoms with Gasteiger partial charge in [-0.1, -0.05) is 54.9 Å². The number of aryl methyl sites for hydroxylation is 1. The summed E-state index contributed by atoms with van der Waals surface area (Å²) < 4.78 is 14.5. The van der Waals surface area contributed by atoms with Crippen LogP contribution in [0.4, 0.5) is 10.1 Å². The zero-order valence-electron chi connectivity index (χ0n) is 16.9. The molecule has 0 atom stereocenters. The predicted molar refractivity (Wildman–Crippen MR) is 117 cm³/mol. The number of rotatable bonds is 7. The fourth-order valence-corrected chi connectivity index (χ4v) is 3.25. The highest BCUT2D eigenvalue weighted by molar-refractivity contribution is 6.29. The molecule has 0 N–H and O–H groups in total. The topological polar surface area (TPSA) is 50.3 Å². The monoisotopic (exact) mass is 424 g/mol. The summed E-state index contributed by atoms with van der Waals surface area (Å²) in [5.41, 5.74) is 3.27. The minimum Gasteiger partial charge on any atom is -0.313 e. The molecule has 0 aliphatic carbocycles. The highest BCUT2D eigenvalue weighted by Crippen LogP contribution is 2.27. The molecule has 2 aromatic carbocycles. The van der Waals surface area contributed by atoms with Crippen molar-refractivity contribution in [1.29, 1.82) is 0 Å². The number of amides is 1. The van der Waals surface area contributed by atoms with Gasteiger partial charge in [0.05, 0.1) is 5.69 Å². The van der Waals surface area contributed by atoms with Crippen LogP contribution < -0.4 is 4.90 Å². The van der Waals surface area contributed by atoms with Crippen LogP contribution >= 0.6 is 11.6 Å². The van der Waals surface area contributed by atoms with E-state index >= 15 is 0 Å². The van der Waals surface area contributed by atoms with Crippen molar-refractivity contribution in [1.82, 2.24) is 4.98 Å². The smallest absolute Gasteiger partial charge is 0.226 e. The Balaban J connectivity index is 1.69. The SMILES string of the molecule is CCC(=O)N(C)c1ccc(-c2ccc(C(=O)CCc3ccc(Cl)nc3)cc2)cc1F. The molecule has 6 heteroatoms. The van der Waals surface area contributed by atoms with Crippen molar-refractivity contribution in [3.8, 4) is 11.1 Å². The Hall–Kier alpha value is -3.05. The molecule has 0 aliphatic heterocycles. The third kappa shape index (κ3) is 5.10. The van der Waals surface area contributed by atoms with Gasteiger partial charge in [0.25, 0.3) is 0 Å². The Morgan fingerprint density at radius 3 is 2.33 bits per heavy atom. The summed E-state index contributed by atoms with van der Waals surface area (Å²) in [4.78, 5) is 29.6. The average Bonchev–Trinajstić information content (AvgIpc) is 2.77. The maximum Gasteiger partial charge on any atom is 0.226 e. The number of aromatic nitrogens is 1. The van der Waals surface area contributed by atoms with Crippen LogP contribution in [0.2, 0.25) is 5.15 Å². The lowest BCUT2D eigenvalue weighted by Crippen LogP contribution is -2.25. The second-order valence-corrected chi connectivity index (χ2v) is 7.35. The second-order valence-electron chi connectivity index (χ2n) is 6.96. The van der Waals surface area contributed by atoms with Crippen LogP contribution in [0, 0.1) is 5.82 Å². The molecule has 154 valence electrons. The van der Waals surface area contributed by atoms with Crippen LogP contribution in [0.3, 0.4) is 0 Å². The molecule has 4 nitrogen and oxygen atoms in total. The van der Waals surface area contributed by atoms with E-state index in [2.05, 4.69) is 4.98 Å². The zero-order valence-corrected chi connectivity index (χ0v) is 17.6. The molecule has 0 fully saturated rings. The van der Waals surface area contributed by atoms with Crippen LogP contribution in [-0.4, -0.2) is 23.7 Å². The van der Waals surface area contributed by atoms with Gasteiger partial charge in [-0.2, -0.15) is 0 Å². The largest absolute Gasteiger partial charge is 0.313 e. The molecule has 0 aliphatic rings. The van der Waals surface area contributed by atoms with Crippen molar-refractivity contribution in [3.05, 3.63) is 82.9 Å². The number of anilines is 1. The van der Waals surface area contributed by atoms with Crippen molar-refractivity contribution in [2.24, 2.45) is 0 Å². The number of Topliss-reactive ketones (excluding diaryl/α,β-unsaturated/α-hetero) is 1. The summed E-state index contributed by atoms with van der Waals surface area (Å²) >= 11 is 5.77. The maximum atomic E-state index is 14.5. The van der Waals surface area contributed by atoms with Gasteiger partial charge in [0.15, 0.2) is 5.78 Å². The second kappa shape index (κ2) is 9.63. The van der Waals surface area contributed by atoms with Crippen LogP contribution in [0.25, 0.3) is 11.1 Å². The summed E-state index contributed by atoms with van der Waals surface area (Å²) in [7, 11) is 1.56. The number of hydrogen-bond donors (Lipinski definition) is 0. The van der Waals surface area contributed by atoms with Gasteiger partial charge < -0.3 is 4.90 Å². The van der Waals surface area contributed by atoms with Gasteiger partial charge in [0, 0.05) is 31.6 Å². The summed E-state index contributed by atoms with van der Waals surface area (Å²) in [6, 6.07) is 15.4. The number of halogens is 2. The van der Waals surface area contributed by atoms with Crippen molar-refractivity contribution in [2.75, 3.05) is 11.9 Å². The molecule has 1 heterocycles. The summed E-state index contributed by atoms with van der Waals surface area (Å²) in [5, 5.41) is 0.425. The van der Waals surface area contributed by atoms with Gasteiger partial charge >= 0.3 is 0 Å². The van der Waals surface area contributed by atoms with Crippen molar-refractivity contribution < 1.29 is 14.0 Å². The Morgan fingerprint density at radius 1 is 1.03 bits per heavy atom. The number of nitrogens with zero attached hydrogens (tertiary/aromatic N) is 2. The van der Waals surface area contributed by atoms with E-state index in [9.17, 15) is 14.0 Å². The molecule has 30 heavy (non-hydrogen) atoms. The summed E-state index contributed by atoms with van der Waals surface area (Å²) in [6.45, 7) is 1.74. The highest BCUT2D eigenvalue weighted by atomic mass is 35.5. The summed E-state index contributed by atoms with van der Waals surface area (Å²) in [5.74, 6) is -0.592. The quantitative estimate of drug-likeness (QED) is 0.359. The number of carbonyl (C=O) groups excluding carboxylic acids is 2. The van der Waals surface area contributed by atoms with Gasteiger partial charge in [-0.05, 0) is 41.3 Å².